The first-order valence-electron chi connectivity index (χ1n) is 15.0. The van der Waals surface area contributed by atoms with Gasteiger partial charge in [-0.2, -0.15) is 0 Å². The molecule has 2 N–H and O–H groups in total. The second kappa shape index (κ2) is 10.6. The summed E-state index contributed by atoms with van der Waals surface area (Å²) in [6, 6.07) is 30.8. The lowest BCUT2D eigenvalue weighted by Crippen LogP contribution is -2.44. The molecule has 6 nitrogen and oxygen atoms in total. The fourth-order valence-corrected chi connectivity index (χ4v) is 6.48. The molecule has 0 fully saturated rings. The largest absolute Gasteiger partial charge is 0.361 e. The number of nitrogens with zero attached hydrogens (tertiary/aromatic N) is 3. The van der Waals surface area contributed by atoms with Crippen molar-refractivity contribution in [3.05, 3.63) is 132 Å². The number of anilines is 2. The van der Waals surface area contributed by atoms with Crippen LogP contribution in [0.5, 0.6) is 0 Å². The highest BCUT2D eigenvalue weighted by molar-refractivity contribution is 6.02. The second-order valence-electron chi connectivity index (χ2n) is 11.6. The molecule has 6 aromatic rings. The number of hydrogen-bond donors (Lipinski definition) is 2. The summed E-state index contributed by atoms with van der Waals surface area (Å²) in [4.78, 5) is 18.1. The summed E-state index contributed by atoms with van der Waals surface area (Å²) in [5, 5.41) is 8.90. The molecule has 1 unspecified atom stereocenters. The highest BCUT2D eigenvalue weighted by atomic mass is 16.2. The quantitative estimate of drug-likeness (QED) is 0.204. The van der Waals surface area contributed by atoms with Gasteiger partial charge in [0.1, 0.15) is 11.5 Å². The van der Waals surface area contributed by atoms with Crippen molar-refractivity contribution in [2.24, 2.45) is 0 Å². The number of benzene rings is 4. The van der Waals surface area contributed by atoms with Crippen molar-refractivity contribution in [3.8, 4) is 17.1 Å². The SMILES string of the molecule is CCCC1(Cc2cccc3c2ccn3C(=O)c2ccccc2)Nc2cc(-c3nccn3-c3ccc(C)cc3)cc(C)c2N1. The number of hydrogen-bond acceptors (Lipinski definition) is 4. The lowest BCUT2D eigenvalue weighted by molar-refractivity contribution is 0.0965. The Bertz CT molecular complexity index is 1950. The zero-order valence-electron chi connectivity index (χ0n) is 24.8. The maximum Gasteiger partial charge on any atom is 0.262 e. The van der Waals surface area contributed by atoms with Crippen molar-refractivity contribution in [1.82, 2.24) is 14.1 Å². The van der Waals surface area contributed by atoms with Gasteiger partial charge in [0, 0.05) is 47.2 Å². The van der Waals surface area contributed by atoms with Crippen LogP contribution in [0.1, 0.15) is 46.8 Å². The van der Waals surface area contributed by atoms with E-state index in [1.165, 1.54) is 16.7 Å². The van der Waals surface area contributed by atoms with E-state index < -0.39 is 0 Å². The fraction of sp³-hybridized carbons (Fsp3) is 0.189. The molecule has 1 aliphatic heterocycles. The minimum atomic E-state index is -0.354. The monoisotopic (exact) mass is 565 g/mol. The molecule has 7 rings (SSSR count). The molecular weight excluding hydrogens is 530 g/mol. The van der Waals surface area contributed by atoms with E-state index >= 15 is 0 Å². The normalized spacial score (nSPS) is 15.7. The molecule has 1 aliphatic rings. The molecule has 1 atom stereocenters. The van der Waals surface area contributed by atoms with Crippen molar-refractivity contribution in [2.45, 2.75) is 45.7 Å². The van der Waals surface area contributed by atoms with Crippen molar-refractivity contribution in [1.29, 1.82) is 0 Å². The Morgan fingerprint density at radius 3 is 2.49 bits per heavy atom. The van der Waals surface area contributed by atoms with Gasteiger partial charge in [-0.3, -0.25) is 13.9 Å². The third-order valence-electron chi connectivity index (χ3n) is 8.52. The summed E-state index contributed by atoms with van der Waals surface area (Å²) in [6.07, 6.45) is 8.50. The summed E-state index contributed by atoms with van der Waals surface area (Å²) in [5.41, 5.74) is 9.24. The number of aryl methyl sites for hydroxylation is 2. The van der Waals surface area contributed by atoms with Crippen LogP contribution in [0.15, 0.2) is 110 Å². The second-order valence-corrected chi connectivity index (χ2v) is 11.6. The van der Waals surface area contributed by atoms with Gasteiger partial charge in [-0.05, 0) is 79.9 Å². The van der Waals surface area contributed by atoms with Crippen LogP contribution in [0.2, 0.25) is 0 Å². The number of carbonyl (C=O) groups is 1. The van der Waals surface area contributed by atoms with Crippen LogP contribution in [-0.4, -0.2) is 25.7 Å². The van der Waals surface area contributed by atoms with E-state index in [-0.39, 0.29) is 11.6 Å². The molecule has 0 radical (unpaired) electrons. The van der Waals surface area contributed by atoms with E-state index in [1.807, 2.05) is 55.0 Å². The van der Waals surface area contributed by atoms with Gasteiger partial charge in [-0.15, -0.1) is 0 Å². The number of nitrogens with one attached hydrogen (secondary N) is 2. The van der Waals surface area contributed by atoms with Crippen LogP contribution in [0, 0.1) is 13.8 Å². The Hall–Kier alpha value is -5.10. The van der Waals surface area contributed by atoms with E-state index in [9.17, 15) is 4.79 Å². The van der Waals surface area contributed by atoms with Gasteiger partial charge in [-0.1, -0.05) is 61.4 Å². The van der Waals surface area contributed by atoms with E-state index in [4.69, 9.17) is 4.98 Å². The van der Waals surface area contributed by atoms with Crippen molar-refractivity contribution >= 4 is 28.2 Å². The Morgan fingerprint density at radius 2 is 1.70 bits per heavy atom. The molecule has 0 aliphatic carbocycles. The molecule has 3 heterocycles. The topological polar surface area (TPSA) is 63.9 Å². The lowest BCUT2D eigenvalue weighted by Gasteiger charge is -2.31. The Labute approximate surface area is 252 Å². The molecule has 0 amide bonds. The van der Waals surface area contributed by atoms with Crippen LogP contribution < -0.4 is 10.6 Å². The Balaban J connectivity index is 1.22. The van der Waals surface area contributed by atoms with Gasteiger partial charge in [0.2, 0.25) is 0 Å². The lowest BCUT2D eigenvalue weighted by atomic mass is 9.93. The van der Waals surface area contributed by atoms with Crippen LogP contribution in [0.4, 0.5) is 11.4 Å². The number of fused-ring (bicyclic) bond motifs is 2. The Morgan fingerprint density at radius 1 is 0.884 bits per heavy atom. The van der Waals surface area contributed by atoms with Crippen LogP contribution in [0.3, 0.4) is 0 Å². The average molecular weight is 566 g/mol. The highest BCUT2D eigenvalue weighted by Crippen LogP contribution is 2.43. The van der Waals surface area contributed by atoms with Gasteiger partial charge < -0.3 is 10.6 Å². The predicted molar refractivity (Wildman–Crippen MR) is 175 cm³/mol. The maximum absolute atomic E-state index is 13.3. The molecule has 0 saturated carbocycles. The van der Waals surface area contributed by atoms with Crippen molar-refractivity contribution in [3.63, 3.8) is 0 Å². The predicted octanol–water partition coefficient (Wildman–Crippen LogP) is 8.38. The van der Waals surface area contributed by atoms with Crippen molar-refractivity contribution in [2.75, 3.05) is 10.6 Å². The van der Waals surface area contributed by atoms with Gasteiger partial charge in [0.25, 0.3) is 5.91 Å². The van der Waals surface area contributed by atoms with Gasteiger partial charge >= 0.3 is 0 Å². The molecule has 214 valence electrons. The summed E-state index contributed by atoms with van der Waals surface area (Å²) in [7, 11) is 0. The number of aromatic nitrogens is 3. The summed E-state index contributed by atoms with van der Waals surface area (Å²) < 4.78 is 3.90. The number of carbonyl (C=O) groups excluding carboxylic acids is 1. The molecular formula is C37H35N5O. The molecule has 0 spiro atoms. The third kappa shape index (κ3) is 4.79. The Kier molecular flexibility index (Phi) is 6.62. The van der Waals surface area contributed by atoms with E-state index in [2.05, 4.69) is 90.6 Å². The first-order valence-corrected chi connectivity index (χ1v) is 15.0. The molecule has 0 bridgehead atoms. The van der Waals surface area contributed by atoms with E-state index in [0.29, 0.717) is 5.56 Å². The zero-order chi connectivity index (χ0) is 29.6. The minimum absolute atomic E-state index is 0.0207. The summed E-state index contributed by atoms with van der Waals surface area (Å²) in [5.74, 6) is 0.895. The first kappa shape index (κ1) is 26.8. The number of rotatable bonds is 7. The molecule has 6 heteroatoms. The summed E-state index contributed by atoms with van der Waals surface area (Å²) in [6.45, 7) is 6.48. The molecule has 43 heavy (non-hydrogen) atoms. The van der Waals surface area contributed by atoms with Crippen molar-refractivity contribution < 1.29 is 4.79 Å². The third-order valence-corrected chi connectivity index (χ3v) is 8.52. The maximum atomic E-state index is 13.3. The smallest absolute Gasteiger partial charge is 0.262 e. The molecule has 2 aromatic heterocycles. The highest BCUT2D eigenvalue weighted by Gasteiger charge is 2.37. The number of imidazole rings is 1. The van der Waals surface area contributed by atoms with E-state index in [1.54, 1.807) is 4.57 Å². The van der Waals surface area contributed by atoms with Crippen LogP contribution in [-0.2, 0) is 6.42 Å². The molecule has 0 saturated heterocycles. The zero-order valence-corrected chi connectivity index (χ0v) is 24.8. The fourth-order valence-electron chi connectivity index (χ4n) is 6.48. The van der Waals surface area contributed by atoms with Gasteiger partial charge in [0.05, 0.1) is 16.9 Å². The van der Waals surface area contributed by atoms with E-state index in [0.717, 1.165) is 58.6 Å². The minimum Gasteiger partial charge on any atom is -0.361 e. The van der Waals surface area contributed by atoms with Gasteiger partial charge in [-0.25, -0.2) is 4.98 Å². The molecule has 4 aromatic carbocycles. The van der Waals surface area contributed by atoms with Crippen LogP contribution in [0.25, 0.3) is 28.0 Å². The van der Waals surface area contributed by atoms with Gasteiger partial charge in [0.15, 0.2) is 0 Å². The first-order chi connectivity index (χ1) is 20.9. The van der Waals surface area contributed by atoms with Crippen LogP contribution >= 0.6 is 0 Å². The summed E-state index contributed by atoms with van der Waals surface area (Å²) >= 11 is 0. The standard InChI is InChI=1S/C37H35N5O/c1-4-18-37(24-28-11-8-12-33-31(28)17-20-42(33)36(43)27-9-6-5-7-10-27)39-32-23-29(22-26(3)34(32)40-37)35-38-19-21-41(35)30-15-13-25(2)14-16-30/h5-17,19-23,39-40H,4,18,24H2,1-3H3. The average Bonchev–Trinajstić information content (AvgIpc) is 3.76.